The quantitative estimate of drug-likeness (QED) is 0.716. The summed E-state index contributed by atoms with van der Waals surface area (Å²) in [5.74, 6) is 0.484. The van der Waals surface area contributed by atoms with Gasteiger partial charge in [-0.05, 0) is 81.0 Å². The number of halogens is 1. The number of rotatable bonds is 6. The molecule has 0 bridgehead atoms. The molecule has 1 amide bonds. The standard InChI is InChI=1S/C24H30FNO3/c1-5-18(4)29-22-16(2)14-21(15-17(22)3)26-23(27)24(10-12-28-13-11-24)19-6-8-20(25)9-7-19/h6-9,14-15,18H,5,10-13H2,1-4H3,(H,26,27)/t18-/m1/s1. The summed E-state index contributed by atoms with van der Waals surface area (Å²) < 4.78 is 25.0. The molecule has 0 radical (unpaired) electrons. The maximum Gasteiger partial charge on any atom is 0.235 e. The zero-order valence-corrected chi connectivity index (χ0v) is 17.7. The van der Waals surface area contributed by atoms with Gasteiger partial charge in [0, 0.05) is 18.9 Å². The molecule has 29 heavy (non-hydrogen) atoms. The van der Waals surface area contributed by atoms with Gasteiger partial charge in [-0.25, -0.2) is 4.39 Å². The Kier molecular flexibility index (Phi) is 6.58. The highest BCUT2D eigenvalue weighted by Crippen LogP contribution is 2.37. The smallest absolute Gasteiger partial charge is 0.235 e. The van der Waals surface area contributed by atoms with E-state index < -0.39 is 5.41 Å². The van der Waals surface area contributed by atoms with Crippen LogP contribution in [0.3, 0.4) is 0 Å². The third kappa shape index (κ3) is 4.61. The molecule has 2 aromatic rings. The zero-order valence-electron chi connectivity index (χ0n) is 17.7. The van der Waals surface area contributed by atoms with Crippen LogP contribution in [0.15, 0.2) is 36.4 Å². The summed E-state index contributed by atoms with van der Waals surface area (Å²) in [4.78, 5) is 13.4. The van der Waals surface area contributed by atoms with Crippen LogP contribution in [-0.2, 0) is 14.9 Å². The van der Waals surface area contributed by atoms with Crippen molar-refractivity contribution in [1.82, 2.24) is 0 Å². The Hall–Kier alpha value is -2.40. The number of nitrogens with one attached hydrogen (secondary N) is 1. The molecule has 1 N–H and O–H groups in total. The van der Waals surface area contributed by atoms with Crippen LogP contribution in [0.1, 0.15) is 49.8 Å². The molecule has 1 saturated heterocycles. The van der Waals surface area contributed by atoms with E-state index in [2.05, 4.69) is 12.2 Å². The SMILES string of the molecule is CC[C@@H](C)Oc1c(C)cc(NC(=O)C2(c3ccc(F)cc3)CCOCC2)cc1C. The fourth-order valence-corrected chi connectivity index (χ4v) is 3.88. The molecule has 4 nitrogen and oxygen atoms in total. The minimum Gasteiger partial charge on any atom is -0.490 e. The van der Waals surface area contributed by atoms with Gasteiger partial charge >= 0.3 is 0 Å². The minimum atomic E-state index is -0.723. The van der Waals surface area contributed by atoms with Crippen molar-refractivity contribution in [1.29, 1.82) is 0 Å². The lowest BCUT2D eigenvalue weighted by Gasteiger charge is -2.36. The lowest BCUT2D eigenvalue weighted by Crippen LogP contribution is -2.44. The van der Waals surface area contributed by atoms with Crippen molar-refractivity contribution < 1.29 is 18.7 Å². The summed E-state index contributed by atoms with van der Waals surface area (Å²) in [6, 6.07) is 10.1. The minimum absolute atomic E-state index is 0.0817. The van der Waals surface area contributed by atoms with Crippen LogP contribution in [0.2, 0.25) is 0 Å². The summed E-state index contributed by atoms with van der Waals surface area (Å²) in [7, 11) is 0. The highest BCUT2D eigenvalue weighted by molar-refractivity contribution is 5.99. The summed E-state index contributed by atoms with van der Waals surface area (Å²) in [6.07, 6.45) is 2.20. The Bertz CT molecular complexity index is 834. The number of hydrogen-bond acceptors (Lipinski definition) is 3. The fraction of sp³-hybridized carbons (Fsp3) is 0.458. The molecular formula is C24H30FNO3. The van der Waals surface area contributed by atoms with Crippen molar-refractivity contribution in [2.24, 2.45) is 0 Å². The average molecular weight is 400 g/mol. The number of carbonyl (C=O) groups is 1. The van der Waals surface area contributed by atoms with Crippen LogP contribution in [-0.4, -0.2) is 25.2 Å². The van der Waals surface area contributed by atoms with Crippen LogP contribution in [0.25, 0.3) is 0 Å². The van der Waals surface area contributed by atoms with E-state index in [1.807, 2.05) is 32.9 Å². The van der Waals surface area contributed by atoms with Gasteiger partial charge in [-0.15, -0.1) is 0 Å². The molecule has 0 aliphatic carbocycles. The maximum atomic E-state index is 13.4. The lowest BCUT2D eigenvalue weighted by molar-refractivity contribution is -0.125. The first-order chi connectivity index (χ1) is 13.9. The Balaban J connectivity index is 1.87. The van der Waals surface area contributed by atoms with Crippen molar-refractivity contribution in [2.45, 2.75) is 58.5 Å². The van der Waals surface area contributed by atoms with Crippen molar-refractivity contribution >= 4 is 11.6 Å². The van der Waals surface area contributed by atoms with E-state index in [4.69, 9.17) is 9.47 Å². The topological polar surface area (TPSA) is 47.6 Å². The van der Waals surface area contributed by atoms with Crippen LogP contribution >= 0.6 is 0 Å². The van der Waals surface area contributed by atoms with Gasteiger partial charge in [-0.2, -0.15) is 0 Å². The number of benzene rings is 2. The molecule has 0 spiro atoms. The van der Waals surface area contributed by atoms with Gasteiger partial charge in [0.15, 0.2) is 0 Å². The zero-order chi connectivity index (χ0) is 21.0. The van der Waals surface area contributed by atoms with E-state index in [9.17, 15) is 9.18 Å². The van der Waals surface area contributed by atoms with E-state index in [1.165, 1.54) is 12.1 Å². The molecule has 1 fully saturated rings. The first kappa shape index (κ1) is 21.3. The van der Waals surface area contributed by atoms with Gasteiger partial charge in [-0.3, -0.25) is 4.79 Å². The van der Waals surface area contributed by atoms with Gasteiger partial charge in [0.2, 0.25) is 5.91 Å². The Labute approximate surface area is 172 Å². The molecule has 0 unspecified atom stereocenters. The summed E-state index contributed by atoms with van der Waals surface area (Å²) >= 11 is 0. The number of amides is 1. The molecular weight excluding hydrogens is 369 g/mol. The molecule has 0 aromatic heterocycles. The first-order valence-corrected chi connectivity index (χ1v) is 10.3. The molecule has 1 aliphatic rings. The molecule has 1 aliphatic heterocycles. The highest BCUT2D eigenvalue weighted by atomic mass is 19.1. The van der Waals surface area contributed by atoms with Gasteiger partial charge in [-0.1, -0.05) is 19.1 Å². The van der Waals surface area contributed by atoms with Gasteiger partial charge < -0.3 is 14.8 Å². The number of hydrogen-bond donors (Lipinski definition) is 1. The van der Waals surface area contributed by atoms with Crippen molar-refractivity contribution in [3.05, 3.63) is 58.9 Å². The predicted molar refractivity (Wildman–Crippen MR) is 113 cm³/mol. The molecule has 2 aromatic carbocycles. The lowest BCUT2D eigenvalue weighted by atomic mass is 9.73. The predicted octanol–water partition coefficient (Wildman–Crippen LogP) is 5.31. The molecule has 1 atom stereocenters. The highest BCUT2D eigenvalue weighted by Gasteiger charge is 2.41. The second-order valence-corrected chi connectivity index (χ2v) is 7.93. The van der Waals surface area contributed by atoms with E-state index in [0.717, 1.165) is 34.5 Å². The average Bonchev–Trinajstić information content (AvgIpc) is 2.71. The van der Waals surface area contributed by atoms with Crippen molar-refractivity contribution in [3.8, 4) is 5.75 Å². The maximum absolute atomic E-state index is 13.4. The third-order valence-corrected chi connectivity index (χ3v) is 5.79. The summed E-state index contributed by atoms with van der Waals surface area (Å²) in [5, 5.41) is 3.10. The van der Waals surface area contributed by atoms with Crippen LogP contribution < -0.4 is 10.1 Å². The van der Waals surface area contributed by atoms with E-state index in [1.54, 1.807) is 12.1 Å². The van der Waals surface area contributed by atoms with Crippen LogP contribution in [0.4, 0.5) is 10.1 Å². The fourth-order valence-electron chi connectivity index (χ4n) is 3.88. The van der Waals surface area contributed by atoms with Gasteiger partial charge in [0.05, 0.1) is 11.5 Å². The van der Waals surface area contributed by atoms with Gasteiger partial charge in [0.1, 0.15) is 11.6 Å². The second-order valence-electron chi connectivity index (χ2n) is 7.93. The number of ether oxygens (including phenoxy) is 2. The first-order valence-electron chi connectivity index (χ1n) is 10.3. The Morgan fingerprint density at radius 3 is 2.31 bits per heavy atom. The Morgan fingerprint density at radius 2 is 1.76 bits per heavy atom. The van der Waals surface area contributed by atoms with Crippen molar-refractivity contribution in [3.63, 3.8) is 0 Å². The van der Waals surface area contributed by atoms with E-state index >= 15 is 0 Å². The Morgan fingerprint density at radius 1 is 1.17 bits per heavy atom. The second kappa shape index (κ2) is 8.95. The molecule has 3 rings (SSSR count). The van der Waals surface area contributed by atoms with Crippen molar-refractivity contribution in [2.75, 3.05) is 18.5 Å². The van der Waals surface area contributed by atoms with Crippen LogP contribution in [0.5, 0.6) is 5.75 Å². The molecule has 0 saturated carbocycles. The van der Waals surface area contributed by atoms with Crippen LogP contribution in [0, 0.1) is 19.7 Å². The number of anilines is 1. The number of aryl methyl sites for hydroxylation is 2. The third-order valence-electron chi connectivity index (χ3n) is 5.79. The molecule has 1 heterocycles. The summed E-state index contributed by atoms with van der Waals surface area (Å²) in [5.41, 5.74) is 2.82. The molecule has 5 heteroatoms. The van der Waals surface area contributed by atoms with Gasteiger partial charge in [0.25, 0.3) is 0 Å². The largest absolute Gasteiger partial charge is 0.490 e. The normalized spacial score (nSPS) is 16.9. The number of carbonyl (C=O) groups excluding carboxylic acids is 1. The van der Waals surface area contributed by atoms with E-state index in [-0.39, 0.29) is 17.8 Å². The van der Waals surface area contributed by atoms with E-state index in [0.29, 0.717) is 26.1 Å². The summed E-state index contributed by atoms with van der Waals surface area (Å²) in [6.45, 7) is 9.13. The monoisotopic (exact) mass is 399 g/mol. The molecule has 156 valence electrons.